The topological polar surface area (TPSA) is 0 Å². The van der Waals surface area contributed by atoms with Gasteiger partial charge < -0.3 is 0 Å². The third-order valence-corrected chi connectivity index (χ3v) is 4.55. The zero-order valence-electron chi connectivity index (χ0n) is 12.9. The van der Waals surface area contributed by atoms with Crippen LogP contribution in [0.1, 0.15) is 39.2 Å². The van der Waals surface area contributed by atoms with Gasteiger partial charge in [-0.25, -0.2) is 0 Å². The second-order valence-corrected chi connectivity index (χ2v) is 6.13. The van der Waals surface area contributed by atoms with Crippen LogP contribution in [0.5, 0.6) is 0 Å². The molecule has 86 valence electrons. The molecule has 5 heteroatoms. The average Bonchev–Trinajstić information content (AvgIpc) is 2.23. The predicted molar refractivity (Wildman–Crippen MR) is 95.3 cm³/mol. The van der Waals surface area contributed by atoms with Gasteiger partial charge in [0.05, 0.1) is 0 Å². The lowest BCUT2D eigenvalue weighted by atomic mass is 9.56. The van der Waals surface area contributed by atoms with E-state index in [9.17, 15) is 0 Å². The van der Waals surface area contributed by atoms with Gasteiger partial charge in [-0.05, 0) is 11.8 Å². The third-order valence-electron chi connectivity index (χ3n) is 4.55. The minimum atomic E-state index is 0.298. The first-order valence-corrected chi connectivity index (χ1v) is 6.81. The van der Waals surface area contributed by atoms with Crippen molar-refractivity contribution in [2.45, 2.75) is 39.0 Å². The summed E-state index contributed by atoms with van der Waals surface area (Å²) in [6.45, 7) is 7.06. The Kier molecular flexibility index (Phi) is 4.33. The first-order valence-electron chi connectivity index (χ1n) is 6.81. The smallest absolute Gasteiger partial charge is 0.102 e. The van der Waals surface area contributed by atoms with Gasteiger partial charge in [0.2, 0.25) is 0 Å². The van der Waals surface area contributed by atoms with Crippen LogP contribution >= 0.6 is 0 Å². The molecule has 0 nitrogen and oxygen atoms in total. The summed E-state index contributed by atoms with van der Waals surface area (Å²) in [7, 11) is 11.4. The van der Waals surface area contributed by atoms with E-state index in [4.69, 9.17) is 0 Å². The Bertz CT molecular complexity index is 408. The second-order valence-electron chi connectivity index (χ2n) is 6.13. The zero-order valence-corrected chi connectivity index (χ0v) is 12.9. The fourth-order valence-electron chi connectivity index (χ4n) is 3.27. The highest BCUT2D eigenvalue weighted by molar-refractivity contribution is 6.67. The summed E-state index contributed by atoms with van der Waals surface area (Å²) in [5.41, 5.74) is 9.32. The van der Waals surface area contributed by atoms with Crippen molar-refractivity contribution >= 4 is 66.5 Å². The van der Waals surface area contributed by atoms with Gasteiger partial charge in [-0.1, -0.05) is 43.7 Å². The number of hydrogen-bond donors (Lipinski definition) is 0. The van der Waals surface area contributed by atoms with Crippen LogP contribution in [-0.2, 0) is 5.41 Å². The minimum Gasteiger partial charge on any atom is -0.102 e. The van der Waals surface area contributed by atoms with Gasteiger partial charge in [-0.2, -0.15) is 0 Å². The Labute approximate surface area is 111 Å². The predicted octanol–water partition coefficient (Wildman–Crippen LogP) is -4.94. The van der Waals surface area contributed by atoms with E-state index in [-0.39, 0.29) is 0 Å². The molecule has 0 atom stereocenters. The summed E-state index contributed by atoms with van der Waals surface area (Å²) in [6, 6.07) is 0. The second kappa shape index (κ2) is 5.04. The molecule has 0 aromatic heterocycles. The molecule has 0 heterocycles. The molecule has 0 saturated carbocycles. The van der Waals surface area contributed by atoms with E-state index in [1.54, 1.807) is 5.56 Å². The quantitative estimate of drug-likeness (QED) is 0.449. The van der Waals surface area contributed by atoms with Crippen molar-refractivity contribution in [3.8, 4) is 0 Å². The molecule has 17 heavy (non-hydrogen) atoms. The van der Waals surface area contributed by atoms with Crippen molar-refractivity contribution in [2.75, 3.05) is 0 Å². The van der Waals surface area contributed by atoms with Gasteiger partial charge in [0.15, 0.2) is 0 Å². The van der Waals surface area contributed by atoms with E-state index < -0.39 is 0 Å². The Morgan fingerprint density at radius 1 is 0.765 bits per heavy atom. The molecule has 0 fully saturated rings. The normalized spacial score (nSPS) is 11.7. The minimum absolute atomic E-state index is 0.298. The molecule has 0 bridgehead atoms. The van der Waals surface area contributed by atoms with Gasteiger partial charge >= 0.3 is 0 Å². The Morgan fingerprint density at radius 3 is 1.47 bits per heavy atom. The summed E-state index contributed by atoms with van der Waals surface area (Å²) in [5.74, 6) is 0. The summed E-state index contributed by atoms with van der Waals surface area (Å²) < 4.78 is 0. The number of rotatable bonds is 3. The highest BCUT2D eigenvalue weighted by Gasteiger charge is 2.25. The Hall–Kier alpha value is -0.455. The largest absolute Gasteiger partial charge is 0.138 e. The molecule has 0 spiro atoms. The first kappa shape index (κ1) is 14.6. The maximum atomic E-state index is 2.39. The molecule has 0 amide bonds. The fourth-order valence-corrected chi connectivity index (χ4v) is 3.27. The van der Waals surface area contributed by atoms with E-state index in [0.29, 0.717) is 5.41 Å². The van der Waals surface area contributed by atoms with E-state index in [1.165, 1.54) is 40.2 Å². The van der Waals surface area contributed by atoms with Crippen LogP contribution in [-0.4, -0.2) is 39.2 Å². The van der Waals surface area contributed by atoms with Gasteiger partial charge in [0.25, 0.3) is 0 Å². The maximum Gasteiger partial charge on any atom is 0.138 e. The highest BCUT2D eigenvalue weighted by atomic mass is 14.3. The monoisotopic (exact) mass is 222 g/mol. The summed E-state index contributed by atoms with van der Waals surface area (Å²) in [5, 5.41) is 0. The Morgan fingerprint density at radius 2 is 1.12 bits per heavy atom. The maximum absolute atomic E-state index is 2.39. The molecule has 0 saturated heterocycles. The first-order chi connectivity index (χ1) is 7.74. The molecule has 0 radical (unpaired) electrons. The third kappa shape index (κ3) is 2.53. The van der Waals surface area contributed by atoms with Gasteiger partial charge in [0, 0.05) is 0 Å². The zero-order chi connectivity index (χ0) is 13.4. The summed E-state index contributed by atoms with van der Waals surface area (Å²) >= 11 is 0. The van der Waals surface area contributed by atoms with E-state index in [1.807, 2.05) is 0 Å². The fraction of sp³-hybridized carbons (Fsp3) is 0.500. The van der Waals surface area contributed by atoms with Crippen molar-refractivity contribution in [2.24, 2.45) is 0 Å². The lowest BCUT2D eigenvalue weighted by molar-refractivity contribution is 0.479. The van der Waals surface area contributed by atoms with E-state index >= 15 is 0 Å². The average molecular weight is 221 g/mol. The lowest BCUT2D eigenvalue weighted by Gasteiger charge is -2.32. The van der Waals surface area contributed by atoms with Gasteiger partial charge in [-0.15, -0.1) is 16.4 Å². The van der Waals surface area contributed by atoms with Crippen molar-refractivity contribution in [3.63, 3.8) is 0 Å². The molecule has 0 unspecified atom stereocenters. The number of benzene rings is 1. The van der Waals surface area contributed by atoms with Crippen molar-refractivity contribution in [3.05, 3.63) is 5.56 Å². The van der Waals surface area contributed by atoms with Gasteiger partial charge in [-0.3, -0.25) is 0 Å². The SMILES string of the molecule is Bc1c(B)c(B)c(C(C)(C)CCC)c(B)c1B. The lowest BCUT2D eigenvalue weighted by Crippen LogP contribution is -2.58. The van der Waals surface area contributed by atoms with Crippen LogP contribution < -0.4 is 27.3 Å². The van der Waals surface area contributed by atoms with Crippen LogP contribution in [0.2, 0.25) is 0 Å². The van der Waals surface area contributed by atoms with Crippen LogP contribution in [0.15, 0.2) is 0 Å². The van der Waals surface area contributed by atoms with Crippen LogP contribution in [0.4, 0.5) is 0 Å². The summed E-state index contributed by atoms with van der Waals surface area (Å²) in [4.78, 5) is 0. The van der Waals surface area contributed by atoms with E-state index in [0.717, 1.165) is 0 Å². The molecule has 0 aliphatic carbocycles. The number of hydrogen-bond acceptors (Lipinski definition) is 0. The molecular weight excluding hydrogens is 198 g/mol. The van der Waals surface area contributed by atoms with Crippen molar-refractivity contribution < 1.29 is 0 Å². The Balaban J connectivity index is 3.54. The molecule has 1 aromatic rings. The standard InChI is InChI=1S/C12H23B5/c1-4-5-12(2,3)6-7(13)9(15)11(17)10(16)8(6)14/h4-5,13-17H2,1-3H3. The van der Waals surface area contributed by atoms with Gasteiger partial charge in [0.1, 0.15) is 39.2 Å². The highest BCUT2D eigenvalue weighted by Crippen LogP contribution is 2.24. The van der Waals surface area contributed by atoms with Crippen LogP contribution in [0.25, 0.3) is 0 Å². The molecule has 1 rings (SSSR count). The molecular formula is C12H23B5. The van der Waals surface area contributed by atoms with E-state index in [2.05, 4.69) is 60.0 Å². The van der Waals surface area contributed by atoms with Crippen LogP contribution in [0.3, 0.4) is 0 Å². The molecule has 0 N–H and O–H groups in total. The van der Waals surface area contributed by atoms with Crippen LogP contribution in [0, 0.1) is 0 Å². The van der Waals surface area contributed by atoms with Crippen molar-refractivity contribution in [1.29, 1.82) is 0 Å². The molecule has 0 aliphatic rings. The molecule has 1 aromatic carbocycles. The summed E-state index contributed by atoms with van der Waals surface area (Å²) in [6.07, 6.45) is 2.51. The van der Waals surface area contributed by atoms with Crippen molar-refractivity contribution in [1.82, 2.24) is 0 Å². The molecule has 0 aliphatic heterocycles.